The van der Waals surface area contributed by atoms with Crippen LogP contribution < -0.4 is 9.46 Å². The van der Waals surface area contributed by atoms with Gasteiger partial charge >= 0.3 is 0 Å². The first-order valence-electron chi connectivity index (χ1n) is 16.0. The summed E-state index contributed by atoms with van der Waals surface area (Å²) in [5.74, 6) is -0.568. The second-order valence-electron chi connectivity index (χ2n) is 12.6. The Hall–Kier alpha value is -3.50. The average Bonchev–Trinajstić information content (AvgIpc) is 3.49. The molecule has 48 heavy (non-hydrogen) atoms. The number of ether oxygens (including phenoxy) is 2. The molecule has 2 N–H and O–H groups in total. The number of aliphatic hydroxyl groups excluding tert-OH is 1. The standard InChI is InChI=1S/C33H47N5O8S2/c1-23-10-13-28(14-11-23)48(43,44)37(6)19-31-24(2)18-38(25(3)21-39)33(40)29-17-27(35-47(41,42)32-20-36(5)22-34-32)12-15-30(29)46-26(4)9-7-8-16-45-31/h10-15,17,20,22,24-26,31,35,39H,7-9,16,18-19,21H2,1-6H3/t24-,25+,26+,31-/m1/s1. The number of aliphatic hydroxyl groups is 1. The zero-order valence-electron chi connectivity index (χ0n) is 28.4. The fraction of sp³-hybridized carbons (Fsp3) is 0.515. The lowest BCUT2D eigenvalue weighted by Crippen LogP contribution is -2.48. The summed E-state index contributed by atoms with van der Waals surface area (Å²) in [7, 11) is -4.70. The number of sulfonamides is 2. The summed E-state index contributed by atoms with van der Waals surface area (Å²) in [6.45, 7) is 7.56. The van der Waals surface area contributed by atoms with E-state index in [-0.39, 0.29) is 58.6 Å². The molecule has 2 aromatic carbocycles. The van der Waals surface area contributed by atoms with E-state index < -0.39 is 38.1 Å². The van der Waals surface area contributed by atoms with Crippen LogP contribution in [-0.4, -0.2) is 98.2 Å². The van der Waals surface area contributed by atoms with Crippen LogP contribution in [0.5, 0.6) is 5.75 Å². The predicted molar refractivity (Wildman–Crippen MR) is 182 cm³/mol. The normalized spacial score (nSPS) is 20.9. The van der Waals surface area contributed by atoms with E-state index in [2.05, 4.69) is 9.71 Å². The Morgan fingerprint density at radius 3 is 2.46 bits per heavy atom. The molecular formula is C33H47N5O8S2. The zero-order chi connectivity index (χ0) is 35.2. The van der Waals surface area contributed by atoms with E-state index in [1.807, 2.05) is 20.8 Å². The van der Waals surface area contributed by atoms with E-state index in [1.54, 1.807) is 44.3 Å². The molecule has 1 amide bonds. The number of hydrogen-bond acceptors (Lipinski definition) is 9. The van der Waals surface area contributed by atoms with Crippen LogP contribution in [0.15, 0.2) is 64.9 Å². The third-order valence-electron chi connectivity index (χ3n) is 8.43. The molecule has 1 aliphatic heterocycles. The van der Waals surface area contributed by atoms with Gasteiger partial charge in [-0.25, -0.2) is 13.4 Å². The molecule has 4 rings (SSSR count). The van der Waals surface area contributed by atoms with Crippen LogP contribution >= 0.6 is 0 Å². The van der Waals surface area contributed by atoms with E-state index >= 15 is 0 Å². The average molecular weight is 706 g/mol. The molecule has 0 saturated heterocycles. The van der Waals surface area contributed by atoms with Crippen molar-refractivity contribution in [1.29, 1.82) is 0 Å². The molecule has 15 heteroatoms. The zero-order valence-corrected chi connectivity index (χ0v) is 30.0. The highest BCUT2D eigenvalue weighted by molar-refractivity contribution is 7.92. The van der Waals surface area contributed by atoms with Crippen LogP contribution in [0.1, 0.15) is 56.0 Å². The monoisotopic (exact) mass is 705 g/mol. The summed E-state index contributed by atoms with van der Waals surface area (Å²) in [6.07, 6.45) is 4.01. The fourth-order valence-electron chi connectivity index (χ4n) is 5.43. The second-order valence-corrected chi connectivity index (χ2v) is 16.3. The first kappa shape index (κ1) is 37.3. The summed E-state index contributed by atoms with van der Waals surface area (Å²) in [4.78, 5) is 19.9. The van der Waals surface area contributed by atoms with E-state index in [9.17, 15) is 26.7 Å². The number of anilines is 1. The van der Waals surface area contributed by atoms with E-state index in [4.69, 9.17) is 9.47 Å². The van der Waals surface area contributed by atoms with Gasteiger partial charge in [0, 0.05) is 51.6 Å². The third-order valence-corrected chi connectivity index (χ3v) is 11.5. The molecule has 3 aromatic rings. The van der Waals surface area contributed by atoms with Gasteiger partial charge in [0.1, 0.15) is 5.75 Å². The quantitative estimate of drug-likeness (QED) is 0.339. The van der Waals surface area contributed by atoms with Crippen LogP contribution in [0, 0.1) is 12.8 Å². The van der Waals surface area contributed by atoms with Gasteiger partial charge in [-0.3, -0.25) is 9.52 Å². The number of imidazole rings is 1. The van der Waals surface area contributed by atoms with Crippen LogP contribution in [0.3, 0.4) is 0 Å². The highest BCUT2D eigenvalue weighted by Gasteiger charge is 2.32. The highest BCUT2D eigenvalue weighted by Crippen LogP contribution is 2.29. The van der Waals surface area contributed by atoms with E-state index in [0.717, 1.165) is 12.0 Å². The lowest BCUT2D eigenvalue weighted by molar-refractivity contribution is -0.00833. The summed E-state index contributed by atoms with van der Waals surface area (Å²) in [6, 6.07) is 10.5. The number of nitrogens with zero attached hydrogens (tertiary/aromatic N) is 4. The van der Waals surface area contributed by atoms with Gasteiger partial charge in [-0.1, -0.05) is 24.6 Å². The van der Waals surface area contributed by atoms with Gasteiger partial charge in [0.15, 0.2) is 5.03 Å². The number of nitrogens with one attached hydrogen (secondary N) is 1. The van der Waals surface area contributed by atoms with Crippen LogP contribution in [0.2, 0.25) is 0 Å². The second kappa shape index (κ2) is 15.8. The summed E-state index contributed by atoms with van der Waals surface area (Å²) < 4.78 is 70.8. The number of aryl methyl sites for hydroxylation is 2. The van der Waals surface area contributed by atoms with Crippen LogP contribution in [0.4, 0.5) is 5.69 Å². The Morgan fingerprint density at radius 1 is 1.10 bits per heavy atom. The SMILES string of the molecule is Cc1ccc(S(=O)(=O)N(C)C[C@H]2OCCCC[C@H](C)Oc3ccc(NS(=O)(=O)c4cn(C)cn4)cc3C(=O)N([C@@H](C)CO)C[C@H]2C)cc1. The molecule has 4 atom stereocenters. The van der Waals surface area contributed by atoms with Crippen molar-refractivity contribution < 1.29 is 36.2 Å². The smallest absolute Gasteiger partial charge is 0.280 e. The van der Waals surface area contributed by atoms with Crippen LogP contribution in [-0.2, 0) is 31.8 Å². The van der Waals surface area contributed by atoms with Gasteiger partial charge in [0.25, 0.3) is 15.9 Å². The number of fused-ring (bicyclic) bond motifs is 1. The molecule has 264 valence electrons. The number of aromatic nitrogens is 2. The number of amides is 1. The summed E-state index contributed by atoms with van der Waals surface area (Å²) in [5.41, 5.74) is 1.20. The minimum Gasteiger partial charge on any atom is -0.490 e. The lowest BCUT2D eigenvalue weighted by Gasteiger charge is -2.35. The van der Waals surface area contributed by atoms with Crippen molar-refractivity contribution in [2.75, 3.05) is 38.1 Å². The van der Waals surface area contributed by atoms with Gasteiger partial charge in [-0.2, -0.15) is 12.7 Å². The van der Waals surface area contributed by atoms with Crippen molar-refractivity contribution in [3.8, 4) is 5.75 Å². The molecule has 13 nitrogen and oxygen atoms in total. The number of likely N-dealkylation sites (N-methyl/N-ethyl adjacent to an activating group) is 1. The summed E-state index contributed by atoms with van der Waals surface area (Å²) in [5, 5.41) is 10.0. The molecule has 0 aliphatic carbocycles. The maximum absolute atomic E-state index is 14.3. The molecule has 0 bridgehead atoms. The maximum Gasteiger partial charge on any atom is 0.280 e. The van der Waals surface area contributed by atoms with E-state index in [0.29, 0.717) is 19.4 Å². The Morgan fingerprint density at radius 2 is 1.81 bits per heavy atom. The molecule has 0 fully saturated rings. The topological polar surface area (TPSA) is 160 Å². The Labute approximate surface area is 284 Å². The Kier molecular flexibility index (Phi) is 12.3. The Bertz CT molecular complexity index is 1760. The van der Waals surface area contributed by atoms with Crippen molar-refractivity contribution >= 4 is 31.6 Å². The number of benzene rings is 2. The van der Waals surface area contributed by atoms with Gasteiger partial charge in [0.2, 0.25) is 10.0 Å². The fourth-order valence-corrected chi connectivity index (χ4v) is 7.64. The number of rotatable bonds is 9. The number of carbonyl (C=O) groups is 1. The van der Waals surface area contributed by atoms with Crippen molar-refractivity contribution in [3.05, 3.63) is 66.1 Å². The molecule has 0 spiro atoms. The van der Waals surface area contributed by atoms with Gasteiger partial charge < -0.3 is 24.0 Å². The van der Waals surface area contributed by atoms with Crippen molar-refractivity contribution in [1.82, 2.24) is 18.8 Å². The van der Waals surface area contributed by atoms with Crippen molar-refractivity contribution in [2.45, 2.75) is 75.1 Å². The highest BCUT2D eigenvalue weighted by atomic mass is 32.2. The minimum atomic E-state index is -4.05. The maximum atomic E-state index is 14.3. The molecule has 1 aliphatic rings. The third kappa shape index (κ3) is 9.14. The number of carbonyl (C=O) groups excluding carboxylic acids is 1. The molecule has 0 saturated carbocycles. The van der Waals surface area contributed by atoms with Crippen LogP contribution in [0.25, 0.3) is 0 Å². The van der Waals surface area contributed by atoms with E-state index in [1.165, 1.54) is 45.5 Å². The number of hydrogen-bond donors (Lipinski definition) is 2. The lowest BCUT2D eigenvalue weighted by atomic mass is 10.0. The van der Waals surface area contributed by atoms with Gasteiger partial charge in [0.05, 0.1) is 41.6 Å². The van der Waals surface area contributed by atoms with Crippen molar-refractivity contribution in [2.24, 2.45) is 13.0 Å². The van der Waals surface area contributed by atoms with Gasteiger partial charge in [-0.05, 0) is 70.4 Å². The molecule has 0 unspecified atom stereocenters. The largest absolute Gasteiger partial charge is 0.490 e. The molecule has 1 aromatic heterocycles. The predicted octanol–water partition coefficient (Wildman–Crippen LogP) is 3.65. The van der Waals surface area contributed by atoms with Crippen molar-refractivity contribution in [3.63, 3.8) is 0 Å². The molecule has 0 radical (unpaired) electrons. The Balaban J connectivity index is 1.67. The first-order valence-corrected chi connectivity index (χ1v) is 18.9. The molecule has 2 heterocycles. The molecular weight excluding hydrogens is 659 g/mol. The minimum absolute atomic E-state index is 0.0441. The summed E-state index contributed by atoms with van der Waals surface area (Å²) >= 11 is 0. The first-order chi connectivity index (χ1) is 22.6. The van der Waals surface area contributed by atoms with Gasteiger partial charge in [-0.15, -0.1) is 0 Å².